The third kappa shape index (κ3) is 1.99. The van der Waals surface area contributed by atoms with Crippen LogP contribution in [0.3, 0.4) is 0 Å². The molecule has 0 aromatic heterocycles. The van der Waals surface area contributed by atoms with Gasteiger partial charge in [0, 0.05) is 0 Å². The van der Waals surface area contributed by atoms with E-state index in [1.807, 2.05) is 0 Å². The number of carbonyl (C=O) groups excluding carboxylic acids is 3. The molecule has 0 aliphatic carbocycles. The Kier molecular flexibility index (Phi) is 2.60. The second-order valence-electron chi connectivity index (χ2n) is 4.81. The molecule has 3 rings (SSSR count). The maximum Gasteiger partial charge on any atom is 0.333 e. The maximum absolute atomic E-state index is 12.1. The molecule has 3 aliphatic heterocycles. The van der Waals surface area contributed by atoms with Crippen LogP contribution in [0.2, 0.25) is 0 Å². The minimum atomic E-state index is -0.805. The SMILES string of the molecule is CC1C(=O)N(CC2CO2)C(=O)N(CC2CO2)C1=O. The predicted molar refractivity (Wildman–Crippen MR) is 57.5 cm³/mol. The fraction of sp³-hybridized carbons (Fsp3) is 0.727. The molecule has 7 heteroatoms. The fourth-order valence-corrected chi connectivity index (χ4v) is 2.00. The van der Waals surface area contributed by atoms with Gasteiger partial charge in [0.15, 0.2) is 0 Å². The molecule has 0 bridgehead atoms. The van der Waals surface area contributed by atoms with Crippen molar-refractivity contribution in [1.82, 2.24) is 9.80 Å². The number of rotatable bonds is 4. The lowest BCUT2D eigenvalue weighted by Crippen LogP contribution is -2.60. The topological polar surface area (TPSA) is 82.8 Å². The van der Waals surface area contributed by atoms with Gasteiger partial charge in [-0.25, -0.2) is 4.79 Å². The lowest BCUT2D eigenvalue weighted by atomic mass is 10.1. The van der Waals surface area contributed by atoms with Crippen LogP contribution in [-0.2, 0) is 19.1 Å². The molecule has 3 aliphatic rings. The summed E-state index contributed by atoms with van der Waals surface area (Å²) in [6.07, 6.45) is -0.144. The molecular formula is C11H14N2O5. The van der Waals surface area contributed by atoms with Crippen molar-refractivity contribution >= 4 is 17.8 Å². The van der Waals surface area contributed by atoms with E-state index in [1.54, 1.807) is 0 Å². The van der Waals surface area contributed by atoms with E-state index in [9.17, 15) is 14.4 Å². The Hall–Kier alpha value is -1.47. The van der Waals surface area contributed by atoms with E-state index in [4.69, 9.17) is 9.47 Å². The van der Waals surface area contributed by atoms with Gasteiger partial charge in [0.2, 0.25) is 11.8 Å². The molecular weight excluding hydrogens is 240 g/mol. The zero-order valence-corrected chi connectivity index (χ0v) is 10.00. The van der Waals surface area contributed by atoms with E-state index in [0.717, 1.165) is 9.80 Å². The van der Waals surface area contributed by atoms with Crippen molar-refractivity contribution in [3.63, 3.8) is 0 Å². The van der Waals surface area contributed by atoms with Crippen molar-refractivity contribution in [3.05, 3.63) is 0 Å². The second-order valence-corrected chi connectivity index (χ2v) is 4.81. The van der Waals surface area contributed by atoms with Crippen LogP contribution in [0.5, 0.6) is 0 Å². The van der Waals surface area contributed by atoms with Gasteiger partial charge in [-0.2, -0.15) is 0 Å². The van der Waals surface area contributed by atoms with Gasteiger partial charge in [-0.05, 0) is 6.92 Å². The lowest BCUT2D eigenvalue weighted by molar-refractivity contribution is -0.148. The van der Waals surface area contributed by atoms with Crippen LogP contribution in [0.4, 0.5) is 4.79 Å². The van der Waals surface area contributed by atoms with E-state index in [-0.39, 0.29) is 25.3 Å². The number of urea groups is 1. The number of imide groups is 2. The standard InChI is InChI=1S/C11H14N2O5/c1-6-9(14)12(2-7-4-17-7)11(16)13(10(6)15)3-8-5-18-8/h6-8H,2-5H2,1H3. The molecule has 7 nitrogen and oxygen atoms in total. The summed E-state index contributed by atoms with van der Waals surface area (Å²) in [7, 11) is 0. The first-order chi connectivity index (χ1) is 8.58. The third-order valence-electron chi connectivity index (χ3n) is 3.31. The molecule has 0 saturated carbocycles. The highest BCUT2D eigenvalue weighted by molar-refractivity contribution is 6.15. The minimum Gasteiger partial charge on any atom is -0.371 e. The number of epoxide rings is 2. The first-order valence-electron chi connectivity index (χ1n) is 5.98. The molecule has 3 fully saturated rings. The van der Waals surface area contributed by atoms with Crippen LogP contribution in [-0.4, -0.2) is 66.2 Å². The van der Waals surface area contributed by atoms with Gasteiger partial charge in [0.1, 0.15) is 5.92 Å². The monoisotopic (exact) mass is 254 g/mol. The van der Waals surface area contributed by atoms with Crippen LogP contribution in [0.15, 0.2) is 0 Å². The van der Waals surface area contributed by atoms with E-state index < -0.39 is 23.8 Å². The van der Waals surface area contributed by atoms with Gasteiger partial charge in [-0.1, -0.05) is 0 Å². The summed E-state index contributed by atoms with van der Waals surface area (Å²) in [6, 6.07) is -0.547. The number of hydrogen-bond acceptors (Lipinski definition) is 5. The number of barbiturate groups is 1. The van der Waals surface area contributed by atoms with Crippen molar-refractivity contribution in [2.75, 3.05) is 26.3 Å². The first-order valence-corrected chi connectivity index (χ1v) is 5.98. The van der Waals surface area contributed by atoms with Gasteiger partial charge < -0.3 is 9.47 Å². The van der Waals surface area contributed by atoms with E-state index >= 15 is 0 Å². The summed E-state index contributed by atoms with van der Waals surface area (Å²) in [5.74, 6) is -1.68. The molecule has 4 amide bonds. The Bertz CT molecular complexity index is 380. The van der Waals surface area contributed by atoms with Gasteiger partial charge in [0.25, 0.3) is 0 Å². The molecule has 0 aromatic carbocycles. The lowest BCUT2D eigenvalue weighted by Gasteiger charge is -2.35. The molecule has 2 atom stereocenters. The Morgan fingerprint density at radius 1 is 1.00 bits per heavy atom. The summed E-state index contributed by atoms with van der Waals surface area (Å²) in [6.45, 7) is 3.11. The number of ether oxygens (including phenoxy) is 2. The van der Waals surface area contributed by atoms with E-state index in [2.05, 4.69) is 0 Å². The summed E-state index contributed by atoms with van der Waals surface area (Å²) in [5, 5.41) is 0. The molecule has 0 radical (unpaired) electrons. The third-order valence-corrected chi connectivity index (χ3v) is 3.31. The quantitative estimate of drug-likeness (QED) is 0.485. The highest BCUT2D eigenvalue weighted by atomic mass is 16.6. The second kappa shape index (κ2) is 4.03. The Morgan fingerprint density at radius 3 is 1.72 bits per heavy atom. The Morgan fingerprint density at radius 2 is 1.39 bits per heavy atom. The van der Waals surface area contributed by atoms with Crippen LogP contribution in [0.25, 0.3) is 0 Å². The highest BCUT2D eigenvalue weighted by Crippen LogP contribution is 2.23. The summed E-state index contributed by atoms with van der Waals surface area (Å²) < 4.78 is 10.0. The molecule has 0 aromatic rings. The number of nitrogens with zero attached hydrogens (tertiary/aromatic N) is 2. The highest BCUT2D eigenvalue weighted by Gasteiger charge is 2.46. The van der Waals surface area contributed by atoms with Crippen molar-refractivity contribution in [2.24, 2.45) is 5.92 Å². The molecule has 0 spiro atoms. The van der Waals surface area contributed by atoms with E-state index in [1.165, 1.54) is 6.92 Å². The van der Waals surface area contributed by atoms with Gasteiger partial charge >= 0.3 is 6.03 Å². The van der Waals surface area contributed by atoms with Crippen LogP contribution in [0.1, 0.15) is 6.92 Å². The Labute approximate surface area is 104 Å². The number of amides is 4. The molecule has 18 heavy (non-hydrogen) atoms. The van der Waals surface area contributed by atoms with Crippen LogP contribution in [0, 0.1) is 5.92 Å². The summed E-state index contributed by atoms with van der Waals surface area (Å²) in [5.41, 5.74) is 0. The Balaban J connectivity index is 1.77. The number of hydrogen-bond donors (Lipinski definition) is 0. The zero-order valence-electron chi connectivity index (χ0n) is 10.00. The molecule has 0 N–H and O–H groups in total. The van der Waals surface area contributed by atoms with Crippen molar-refractivity contribution in [2.45, 2.75) is 19.1 Å². The van der Waals surface area contributed by atoms with E-state index in [0.29, 0.717) is 13.2 Å². The van der Waals surface area contributed by atoms with Crippen molar-refractivity contribution in [3.8, 4) is 0 Å². The average molecular weight is 254 g/mol. The first kappa shape index (κ1) is 11.6. The van der Waals surface area contributed by atoms with Gasteiger partial charge in [-0.3, -0.25) is 19.4 Å². The van der Waals surface area contributed by atoms with Crippen LogP contribution >= 0.6 is 0 Å². The van der Waals surface area contributed by atoms with Crippen molar-refractivity contribution in [1.29, 1.82) is 0 Å². The smallest absolute Gasteiger partial charge is 0.333 e. The zero-order chi connectivity index (χ0) is 12.9. The molecule has 2 unspecified atom stereocenters. The normalized spacial score (nSPS) is 35.2. The van der Waals surface area contributed by atoms with Gasteiger partial charge in [-0.15, -0.1) is 0 Å². The number of carbonyl (C=O) groups is 3. The molecule has 3 saturated heterocycles. The van der Waals surface area contributed by atoms with Crippen molar-refractivity contribution < 1.29 is 23.9 Å². The predicted octanol–water partition coefficient (Wildman–Crippen LogP) is -0.789. The maximum atomic E-state index is 12.1. The summed E-state index contributed by atoms with van der Waals surface area (Å²) >= 11 is 0. The van der Waals surface area contributed by atoms with Gasteiger partial charge in [0.05, 0.1) is 38.5 Å². The fourth-order valence-electron chi connectivity index (χ4n) is 2.00. The van der Waals surface area contributed by atoms with Crippen LogP contribution < -0.4 is 0 Å². The minimum absolute atomic E-state index is 0.0719. The molecule has 3 heterocycles. The summed E-state index contributed by atoms with van der Waals surface area (Å²) in [4.78, 5) is 38.2. The molecule has 98 valence electrons. The largest absolute Gasteiger partial charge is 0.371 e. The average Bonchev–Trinajstić information content (AvgIpc) is 3.22.